The van der Waals surface area contributed by atoms with Gasteiger partial charge in [0.05, 0.1) is 32.7 Å². The third-order valence-corrected chi connectivity index (χ3v) is 8.25. The molecule has 0 saturated carbocycles. The molecular formula is C27H53FN4O6S. The number of rotatable bonds is 14. The predicted molar refractivity (Wildman–Crippen MR) is 156 cm³/mol. The van der Waals surface area contributed by atoms with Gasteiger partial charge in [-0.2, -0.15) is 12.7 Å². The van der Waals surface area contributed by atoms with E-state index in [0.29, 0.717) is 0 Å². The molecule has 0 spiro atoms. The molecule has 230 valence electrons. The molecule has 8 N–H and O–H groups in total. The molecule has 2 heterocycles. The van der Waals surface area contributed by atoms with Crippen molar-refractivity contribution in [2.75, 3.05) is 32.7 Å². The summed E-state index contributed by atoms with van der Waals surface area (Å²) in [6, 6.07) is 7.56. The van der Waals surface area contributed by atoms with Crippen LogP contribution in [0.5, 0.6) is 0 Å². The van der Waals surface area contributed by atoms with E-state index in [0.717, 1.165) is 20.8 Å². The molecule has 0 aliphatic carbocycles. The largest absolute Gasteiger partial charge is 1.00 e. The van der Waals surface area contributed by atoms with Gasteiger partial charge in [0.1, 0.15) is 0 Å². The fourth-order valence-corrected chi connectivity index (χ4v) is 5.76. The molecule has 1 aliphatic rings. The SMILES string of the molecule is CCCC[N+](CCCC)(CCCC)CCCC.O.O.O.O=C1CN(Cc2ccc3[nH]ccc3c2)S(=O)(=O)N1.[F-]. The number of carbonyl (C=O) groups excluding carboxylic acids is 1. The van der Waals surface area contributed by atoms with Crippen molar-refractivity contribution in [3.8, 4) is 0 Å². The van der Waals surface area contributed by atoms with Gasteiger partial charge < -0.3 is 30.6 Å². The number of quaternary nitrogens is 1. The van der Waals surface area contributed by atoms with Crippen molar-refractivity contribution in [3.05, 3.63) is 36.0 Å². The standard InChI is InChI=1S/C16H36N.C11H11N3O3S.FH.3H2O/c1-5-9-13-17(14-10-6-2,15-11-7-3)16-12-8-4;15-11-7-14(18(16,17)13-11)6-8-1-2-10-9(5-8)3-4-12-10;;;;/h5-16H2,1-4H3;1-5,12H,6-7H2,(H,13,15);1H;3*1H2/q+1;;;;;/p-1. The zero-order valence-electron chi connectivity index (χ0n) is 24.2. The van der Waals surface area contributed by atoms with E-state index < -0.39 is 16.1 Å². The molecule has 1 aromatic heterocycles. The maximum absolute atomic E-state index is 11.6. The molecule has 10 nitrogen and oxygen atoms in total. The van der Waals surface area contributed by atoms with Gasteiger partial charge in [-0.3, -0.25) is 4.79 Å². The normalized spacial score (nSPS) is 14.1. The van der Waals surface area contributed by atoms with E-state index >= 15 is 0 Å². The second-order valence-corrected chi connectivity index (χ2v) is 11.5. The van der Waals surface area contributed by atoms with Crippen LogP contribution in [0.15, 0.2) is 30.5 Å². The quantitative estimate of drug-likeness (QED) is 0.297. The molecule has 1 fully saturated rings. The Kier molecular flexibility index (Phi) is 22.0. The minimum atomic E-state index is -3.65. The number of aromatic amines is 1. The number of halogens is 1. The lowest BCUT2D eigenvalue weighted by atomic mass is 10.1. The molecule has 0 bridgehead atoms. The Morgan fingerprint density at radius 2 is 1.31 bits per heavy atom. The van der Waals surface area contributed by atoms with E-state index in [4.69, 9.17) is 0 Å². The van der Waals surface area contributed by atoms with Crippen LogP contribution in [0.2, 0.25) is 0 Å². The van der Waals surface area contributed by atoms with Crippen LogP contribution in [-0.2, 0) is 21.5 Å². The lowest BCUT2D eigenvalue weighted by molar-refractivity contribution is -0.929. The van der Waals surface area contributed by atoms with E-state index in [1.165, 1.54) is 82.0 Å². The van der Waals surface area contributed by atoms with Crippen molar-refractivity contribution >= 4 is 27.0 Å². The summed E-state index contributed by atoms with van der Waals surface area (Å²) in [5, 5.41) is 1.02. The van der Waals surface area contributed by atoms with Crippen molar-refractivity contribution in [2.24, 2.45) is 0 Å². The van der Waals surface area contributed by atoms with Gasteiger partial charge in [-0.1, -0.05) is 59.4 Å². The number of fused-ring (bicyclic) bond motifs is 1. The van der Waals surface area contributed by atoms with Gasteiger partial charge >= 0.3 is 10.2 Å². The van der Waals surface area contributed by atoms with E-state index in [1.54, 1.807) is 0 Å². The fourth-order valence-electron chi connectivity index (χ4n) is 4.68. The third kappa shape index (κ3) is 13.2. The third-order valence-electron chi connectivity index (χ3n) is 6.82. The number of aromatic nitrogens is 1. The minimum absolute atomic E-state index is 0. The van der Waals surface area contributed by atoms with Gasteiger partial charge in [0.2, 0.25) is 5.91 Å². The summed E-state index contributed by atoms with van der Waals surface area (Å²) in [5.74, 6) is -0.488. The van der Waals surface area contributed by atoms with Gasteiger partial charge in [-0.15, -0.1) is 0 Å². The molecule has 0 atom stereocenters. The second-order valence-electron chi connectivity index (χ2n) is 9.85. The Morgan fingerprint density at radius 3 is 1.72 bits per heavy atom. The molecule has 1 aromatic carbocycles. The number of hydrogen-bond acceptors (Lipinski definition) is 3. The molecule has 12 heteroatoms. The van der Waals surface area contributed by atoms with Gasteiger partial charge in [0.25, 0.3) is 0 Å². The highest BCUT2D eigenvalue weighted by Crippen LogP contribution is 2.18. The van der Waals surface area contributed by atoms with Crippen molar-refractivity contribution in [3.63, 3.8) is 0 Å². The summed E-state index contributed by atoms with van der Waals surface area (Å²) in [4.78, 5) is 14.2. The van der Waals surface area contributed by atoms with Gasteiger partial charge in [0.15, 0.2) is 0 Å². The van der Waals surface area contributed by atoms with Crippen LogP contribution in [0, 0.1) is 0 Å². The Morgan fingerprint density at radius 1 is 0.821 bits per heavy atom. The van der Waals surface area contributed by atoms with Crippen molar-refractivity contribution in [2.45, 2.75) is 85.6 Å². The monoisotopic (exact) mass is 580 g/mol. The molecule has 1 aliphatic heterocycles. The number of H-pyrrole nitrogens is 1. The smallest absolute Gasteiger partial charge is 0.304 e. The number of nitrogens with one attached hydrogen (secondary N) is 2. The Labute approximate surface area is 234 Å². The van der Waals surface area contributed by atoms with Gasteiger partial charge in [-0.05, 0) is 54.8 Å². The average molecular weight is 581 g/mol. The summed E-state index contributed by atoms with van der Waals surface area (Å²) >= 11 is 0. The van der Waals surface area contributed by atoms with Crippen molar-refractivity contribution in [1.29, 1.82) is 0 Å². The summed E-state index contributed by atoms with van der Waals surface area (Å²) in [6.07, 6.45) is 12.9. The molecule has 39 heavy (non-hydrogen) atoms. The first-order valence-electron chi connectivity index (χ1n) is 13.5. The van der Waals surface area contributed by atoms with Crippen LogP contribution in [0.25, 0.3) is 10.9 Å². The molecule has 2 aromatic rings. The zero-order chi connectivity index (χ0) is 25.7. The summed E-state index contributed by atoms with van der Waals surface area (Å²) in [6.45, 7) is 15.1. The minimum Gasteiger partial charge on any atom is -1.00 e. The van der Waals surface area contributed by atoms with Crippen LogP contribution in [0.1, 0.15) is 84.6 Å². The lowest BCUT2D eigenvalue weighted by Gasteiger charge is -2.39. The van der Waals surface area contributed by atoms with Gasteiger partial charge in [0, 0.05) is 18.3 Å². The van der Waals surface area contributed by atoms with Crippen LogP contribution in [-0.4, -0.2) is 77.2 Å². The fraction of sp³-hybridized carbons (Fsp3) is 0.667. The number of amides is 1. The van der Waals surface area contributed by atoms with E-state index in [9.17, 15) is 13.2 Å². The first-order chi connectivity index (χ1) is 16.8. The summed E-state index contributed by atoms with van der Waals surface area (Å²) < 4.78 is 27.7. The maximum Gasteiger partial charge on any atom is 0.304 e. The molecule has 1 amide bonds. The molecular weight excluding hydrogens is 527 g/mol. The zero-order valence-corrected chi connectivity index (χ0v) is 25.0. The number of nitrogens with zero attached hydrogens (tertiary/aromatic N) is 2. The van der Waals surface area contributed by atoms with E-state index in [1.807, 2.05) is 35.2 Å². The Balaban J connectivity index is -0.000000605. The van der Waals surface area contributed by atoms with Gasteiger partial charge in [-0.25, -0.2) is 4.72 Å². The van der Waals surface area contributed by atoms with Crippen molar-refractivity contribution < 1.29 is 38.8 Å². The van der Waals surface area contributed by atoms with Crippen molar-refractivity contribution in [1.82, 2.24) is 14.0 Å². The van der Waals surface area contributed by atoms with Crippen LogP contribution in [0.4, 0.5) is 0 Å². The number of unbranched alkanes of at least 4 members (excludes halogenated alkanes) is 4. The van der Waals surface area contributed by atoms with E-state index in [-0.39, 0.29) is 34.2 Å². The molecule has 0 radical (unpaired) electrons. The van der Waals surface area contributed by atoms with Crippen LogP contribution < -0.4 is 9.43 Å². The molecule has 0 unspecified atom stereocenters. The summed E-state index contributed by atoms with van der Waals surface area (Å²) in [7, 11) is -3.65. The first kappa shape index (κ1) is 41.4. The number of hydrogen-bond donors (Lipinski definition) is 2. The number of benzene rings is 1. The lowest BCUT2D eigenvalue weighted by Crippen LogP contribution is -3.00. The molecule has 3 rings (SSSR count). The van der Waals surface area contributed by atoms with E-state index in [2.05, 4.69) is 32.7 Å². The van der Waals surface area contributed by atoms with Crippen LogP contribution >= 0.6 is 0 Å². The Hall–Kier alpha value is -2.09. The average Bonchev–Trinajstić information content (AvgIpc) is 3.40. The summed E-state index contributed by atoms with van der Waals surface area (Å²) in [5.41, 5.74) is 1.85. The first-order valence-corrected chi connectivity index (χ1v) is 14.9. The Bertz CT molecular complexity index is 981. The predicted octanol–water partition coefficient (Wildman–Crippen LogP) is -0.122. The number of carbonyl (C=O) groups is 1. The van der Waals surface area contributed by atoms with Crippen LogP contribution in [0.3, 0.4) is 0 Å². The topological polar surface area (TPSA) is 177 Å². The highest BCUT2D eigenvalue weighted by molar-refractivity contribution is 7.88. The molecule has 1 saturated heterocycles. The second kappa shape index (κ2) is 20.8. The highest BCUT2D eigenvalue weighted by Gasteiger charge is 2.33. The maximum atomic E-state index is 11.6. The highest BCUT2D eigenvalue weighted by atomic mass is 32.2.